The van der Waals surface area contributed by atoms with Crippen LogP contribution in [0, 0.1) is 18.3 Å². The number of nitrogens with zero attached hydrogens (tertiary/aromatic N) is 2. The molecule has 0 atom stereocenters. The second-order valence-electron chi connectivity index (χ2n) is 5.16. The summed E-state index contributed by atoms with van der Waals surface area (Å²) in [6, 6.07) is 16.4. The zero-order valence-electron chi connectivity index (χ0n) is 12.1. The molecule has 0 radical (unpaired) electrons. The van der Waals surface area contributed by atoms with Crippen molar-refractivity contribution in [2.75, 3.05) is 13.6 Å². The van der Waals surface area contributed by atoms with Crippen molar-refractivity contribution in [2.45, 2.75) is 6.92 Å². The van der Waals surface area contributed by atoms with Gasteiger partial charge in [0, 0.05) is 11.4 Å². The fourth-order valence-corrected chi connectivity index (χ4v) is 3.56. The standard InChI is InChI=1S/C18H16N2S/c1-13-4-3-5-16(15-8-6-14(12-19)7-9-15)18(13)17-10-11-20(2)21-17/h3-10H,11H2,1-2H3. The minimum absolute atomic E-state index is 0.696. The number of benzene rings is 2. The topological polar surface area (TPSA) is 27.0 Å². The Morgan fingerprint density at radius 1 is 1.14 bits per heavy atom. The first-order valence-electron chi connectivity index (χ1n) is 6.89. The summed E-state index contributed by atoms with van der Waals surface area (Å²) in [5.41, 5.74) is 5.67. The van der Waals surface area contributed by atoms with Crippen LogP contribution < -0.4 is 0 Å². The molecule has 3 rings (SSSR count). The van der Waals surface area contributed by atoms with Crippen LogP contribution in [-0.2, 0) is 0 Å². The molecule has 2 nitrogen and oxygen atoms in total. The molecule has 2 aromatic carbocycles. The SMILES string of the molecule is Cc1cccc(-c2ccc(C#N)cc2)c1C1=CCN(C)S1. The molecular weight excluding hydrogens is 276 g/mol. The molecule has 0 saturated heterocycles. The van der Waals surface area contributed by atoms with E-state index in [1.54, 1.807) is 11.9 Å². The molecule has 0 aliphatic carbocycles. The highest BCUT2D eigenvalue weighted by Crippen LogP contribution is 2.41. The molecule has 1 aliphatic rings. The molecule has 1 heterocycles. The summed E-state index contributed by atoms with van der Waals surface area (Å²) in [4.78, 5) is 1.31. The Balaban J connectivity index is 2.10. The summed E-state index contributed by atoms with van der Waals surface area (Å²) in [5.74, 6) is 0. The van der Waals surface area contributed by atoms with Crippen molar-refractivity contribution in [1.82, 2.24) is 4.31 Å². The molecule has 0 fully saturated rings. The van der Waals surface area contributed by atoms with Gasteiger partial charge in [-0.2, -0.15) is 5.26 Å². The maximum Gasteiger partial charge on any atom is 0.0991 e. The number of nitriles is 1. The van der Waals surface area contributed by atoms with Gasteiger partial charge in [0.2, 0.25) is 0 Å². The first-order chi connectivity index (χ1) is 10.2. The summed E-state index contributed by atoms with van der Waals surface area (Å²) in [5, 5.41) is 8.93. The lowest BCUT2D eigenvalue weighted by Gasteiger charge is -2.15. The van der Waals surface area contributed by atoms with E-state index in [1.807, 2.05) is 24.3 Å². The average molecular weight is 292 g/mol. The van der Waals surface area contributed by atoms with Crippen molar-refractivity contribution >= 4 is 16.9 Å². The van der Waals surface area contributed by atoms with Crippen LogP contribution >= 0.6 is 11.9 Å². The lowest BCUT2D eigenvalue weighted by molar-refractivity contribution is 0.650. The lowest BCUT2D eigenvalue weighted by atomic mass is 9.95. The maximum absolute atomic E-state index is 8.93. The van der Waals surface area contributed by atoms with E-state index < -0.39 is 0 Å². The zero-order chi connectivity index (χ0) is 14.8. The summed E-state index contributed by atoms with van der Waals surface area (Å²) >= 11 is 1.79. The van der Waals surface area contributed by atoms with E-state index in [2.05, 4.69) is 48.6 Å². The molecule has 0 bridgehead atoms. The van der Waals surface area contributed by atoms with Gasteiger partial charge in [0.25, 0.3) is 0 Å². The second kappa shape index (κ2) is 5.77. The molecule has 0 aromatic heterocycles. The van der Waals surface area contributed by atoms with Crippen LogP contribution in [0.4, 0.5) is 0 Å². The van der Waals surface area contributed by atoms with Crippen molar-refractivity contribution in [1.29, 1.82) is 5.26 Å². The molecular formula is C18H16N2S. The van der Waals surface area contributed by atoms with Crippen molar-refractivity contribution in [3.8, 4) is 17.2 Å². The van der Waals surface area contributed by atoms with Gasteiger partial charge >= 0.3 is 0 Å². The molecule has 21 heavy (non-hydrogen) atoms. The average Bonchev–Trinajstić information content (AvgIpc) is 2.93. The third-order valence-electron chi connectivity index (χ3n) is 3.63. The van der Waals surface area contributed by atoms with Gasteiger partial charge in [-0.25, -0.2) is 4.31 Å². The predicted octanol–water partition coefficient (Wildman–Crippen LogP) is 4.47. The number of hydrogen-bond donors (Lipinski definition) is 0. The Kier molecular flexibility index (Phi) is 3.83. The van der Waals surface area contributed by atoms with Crippen LogP contribution in [0.3, 0.4) is 0 Å². The van der Waals surface area contributed by atoms with Gasteiger partial charge in [-0.3, -0.25) is 0 Å². The third-order valence-corrected chi connectivity index (χ3v) is 4.66. The molecule has 0 N–H and O–H groups in total. The number of aryl methyl sites for hydroxylation is 1. The molecule has 0 unspecified atom stereocenters. The Morgan fingerprint density at radius 3 is 2.52 bits per heavy atom. The van der Waals surface area contributed by atoms with E-state index >= 15 is 0 Å². The van der Waals surface area contributed by atoms with Crippen LogP contribution in [0.2, 0.25) is 0 Å². The van der Waals surface area contributed by atoms with E-state index in [0.717, 1.165) is 12.1 Å². The molecule has 104 valence electrons. The van der Waals surface area contributed by atoms with Crippen LogP contribution in [0.1, 0.15) is 16.7 Å². The first-order valence-corrected chi connectivity index (χ1v) is 7.66. The fraction of sp³-hybridized carbons (Fsp3) is 0.167. The summed E-state index contributed by atoms with van der Waals surface area (Å²) < 4.78 is 2.23. The smallest absolute Gasteiger partial charge is 0.0991 e. The Morgan fingerprint density at radius 2 is 1.90 bits per heavy atom. The second-order valence-corrected chi connectivity index (χ2v) is 6.40. The van der Waals surface area contributed by atoms with E-state index in [0.29, 0.717) is 5.56 Å². The Hall–Kier alpha value is -2.02. The van der Waals surface area contributed by atoms with Gasteiger partial charge in [0.1, 0.15) is 0 Å². The minimum Gasteiger partial charge on any atom is -0.246 e. The number of rotatable bonds is 2. The molecule has 1 aliphatic heterocycles. The van der Waals surface area contributed by atoms with Crippen LogP contribution in [-0.4, -0.2) is 17.9 Å². The maximum atomic E-state index is 8.93. The summed E-state index contributed by atoms with van der Waals surface area (Å²) in [7, 11) is 2.10. The van der Waals surface area contributed by atoms with Crippen molar-refractivity contribution in [2.24, 2.45) is 0 Å². The Labute approximate surface area is 129 Å². The molecule has 0 spiro atoms. The fourth-order valence-electron chi connectivity index (χ4n) is 2.56. The quantitative estimate of drug-likeness (QED) is 0.764. The molecule has 0 saturated carbocycles. The van der Waals surface area contributed by atoms with E-state index in [-0.39, 0.29) is 0 Å². The van der Waals surface area contributed by atoms with Crippen LogP contribution in [0.5, 0.6) is 0 Å². The van der Waals surface area contributed by atoms with Crippen molar-refractivity contribution < 1.29 is 0 Å². The van der Waals surface area contributed by atoms with Gasteiger partial charge in [0.05, 0.1) is 11.6 Å². The van der Waals surface area contributed by atoms with E-state index in [1.165, 1.54) is 21.6 Å². The Bertz CT molecular complexity index is 739. The van der Waals surface area contributed by atoms with Crippen molar-refractivity contribution in [3.63, 3.8) is 0 Å². The molecule has 2 aromatic rings. The largest absolute Gasteiger partial charge is 0.246 e. The minimum atomic E-state index is 0.696. The number of likely N-dealkylation sites (N-methyl/N-ethyl adjacent to an activating group) is 1. The molecule has 0 amide bonds. The van der Waals surface area contributed by atoms with Gasteiger partial charge in [0.15, 0.2) is 0 Å². The van der Waals surface area contributed by atoms with Gasteiger partial charge in [-0.15, -0.1) is 0 Å². The van der Waals surface area contributed by atoms with Gasteiger partial charge in [-0.1, -0.05) is 36.4 Å². The van der Waals surface area contributed by atoms with Crippen LogP contribution in [0.15, 0.2) is 48.5 Å². The monoisotopic (exact) mass is 292 g/mol. The van der Waals surface area contributed by atoms with Crippen LogP contribution in [0.25, 0.3) is 16.0 Å². The third kappa shape index (κ3) is 2.73. The highest BCUT2D eigenvalue weighted by molar-refractivity contribution is 8.06. The van der Waals surface area contributed by atoms with Gasteiger partial charge < -0.3 is 0 Å². The van der Waals surface area contributed by atoms with E-state index in [4.69, 9.17) is 5.26 Å². The highest BCUT2D eigenvalue weighted by atomic mass is 32.2. The lowest BCUT2D eigenvalue weighted by Crippen LogP contribution is -2.01. The zero-order valence-corrected chi connectivity index (χ0v) is 12.9. The predicted molar refractivity (Wildman–Crippen MR) is 89.5 cm³/mol. The molecule has 3 heteroatoms. The normalized spacial score (nSPS) is 14.8. The summed E-state index contributed by atoms with van der Waals surface area (Å²) in [6.07, 6.45) is 2.28. The summed E-state index contributed by atoms with van der Waals surface area (Å²) in [6.45, 7) is 3.13. The first kappa shape index (κ1) is 13.9. The van der Waals surface area contributed by atoms with E-state index in [9.17, 15) is 0 Å². The number of hydrogen-bond acceptors (Lipinski definition) is 3. The van der Waals surface area contributed by atoms with Crippen molar-refractivity contribution in [3.05, 3.63) is 65.2 Å². The van der Waals surface area contributed by atoms with Gasteiger partial charge in [-0.05, 0) is 60.3 Å². The highest BCUT2D eigenvalue weighted by Gasteiger charge is 2.18.